The van der Waals surface area contributed by atoms with E-state index in [1.165, 1.54) is 0 Å². The van der Waals surface area contributed by atoms with Crippen LogP contribution >= 0.6 is 0 Å². The summed E-state index contributed by atoms with van der Waals surface area (Å²) in [6, 6.07) is 0.804. The summed E-state index contributed by atoms with van der Waals surface area (Å²) in [5.41, 5.74) is 5.39. The molecule has 0 aromatic carbocycles. The largest absolute Gasteiger partial charge is 0.396 e. The SMILES string of the molecule is Nc1nc(N2CCCCC2CCO)c(F)cc1F. The molecule has 0 bridgehead atoms. The smallest absolute Gasteiger partial charge is 0.168 e. The molecule has 1 aromatic heterocycles. The number of anilines is 2. The minimum Gasteiger partial charge on any atom is -0.396 e. The summed E-state index contributed by atoms with van der Waals surface area (Å²) >= 11 is 0. The molecule has 18 heavy (non-hydrogen) atoms. The van der Waals surface area contributed by atoms with Crippen LogP contribution in [0.5, 0.6) is 0 Å². The average Bonchev–Trinajstić information content (AvgIpc) is 2.35. The van der Waals surface area contributed by atoms with Gasteiger partial charge in [0.15, 0.2) is 23.3 Å². The number of halogens is 2. The number of nitrogens with zero attached hydrogens (tertiary/aromatic N) is 2. The number of piperidine rings is 1. The highest BCUT2D eigenvalue weighted by atomic mass is 19.1. The molecule has 1 aliphatic rings. The van der Waals surface area contributed by atoms with E-state index in [4.69, 9.17) is 10.8 Å². The highest BCUT2D eigenvalue weighted by Gasteiger charge is 2.26. The normalized spacial score (nSPS) is 20.2. The fourth-order valence-electron chi connectivity index (χ4n) is 2.40. The first-order chi connectivity index (χ1) is 8.63. The second-order valence-electron chi connectivity index (χ2n) is 4.52. The third-order valence-electron chi connectivity index (χ3n) is 3.30. The first kappa shape index (κ1) is 13.0. The molecular weight excluding hydrogens is 240 g/mol. The number of aliphatic hydroxyl groups is 1. The number of hydrogen-bond acceptors (Lipinski definition) is 4. The minimum atomic E-state index is -0.841. The van der Waals surface area contributed by atoms with Gasteiger partial charge in [0, 0.05) is 25.3 Å². The standard InChI is InChI=1S/C12H17F2N3O/c13-9-7-10(14)12(16-11(9)15)17-5-2-1-3-8(17)4-6-18/h7-8,18H,1-6H2,(H2,15,16). The molecule has 1 saturated heterocycles. The molecule has 1 atom stereocenters. The van der Waals surface area contributed by atoms with E-state index in [0.29, 0.717) is 13.0 Å². The van der Waals surface area contributed by atoms with Crippen molar-refractivity contribution in [2.45, 2.75) is 31.7 Å². The van der Waals surface area contributed by atoms with Gasteiger partial charge < -0.3 is 15.7 Å². The quantitative estimate of drug-likeness (QED) is 0.865. The predicted molar refractivity (Wildman–Crippen MR) is 65.3 cm³/mol. The maximum Gasteiger partial charge on any atom is 0.168 e. The molecule has 0 saturated carbocycles. The van der Waals surface area contributed by atoms with Gasteiger partial charge in [-0.2, -0.15) is 0 Å². The lowest BCUT2D eigenvalue weighted by Gasteiger charge is -2.36. The third-order valence-corrected chi connectivity index (χ3v) is 3.30. The second-order valence-corrected chi connectivity index (χ2v) is 4.52. The van der Waals surface area contributed by atoms with Crippen molar-refractivity contribution >= 4 is 11.6 Å². The average molecular weight is 257 g/mol. The van der Waals surface area contributed by atoms with Gasteiger partial charge in [-0.1, -0.05) is 0 Å². The fraction of sp³-hybridized carbons (Fsp3) is 0.583. The van der Waals surface area contributed by atoms with Crippen molar-refractivity contribution in [2.75, 3.05) is 23.8 Å². The number of nitrogen functional groups attached to an aromatic ring is 1. The van der Waals surface area contributed by atoms with Gasteiger partial charge in [0.1, 0.15) is 0 Å². The van der Waals surface area contributed by atoms with E-state index < -0.39 is 11.6 Å². The molecular formula is C12H17F2N3O. The van der Waals surface area contributed by atoms with E-state index in [-0.39, 0.29) is 24.3 Å². The van der Waals surface area contributed by atoms with Gasteiger partial charge in [-0.05, 0) is 25.7 Å². The van der Waals surface area contributed by atoms with E-state index in [1.807, 2.05) is 0 Å². The number of aliphatic hydroxyl groups excluding tert-OH is 1. The Morgan fingerprint density at radius 1 is 1.39 bits per heavy atom. The molecule has 100 valence electrons. The topological polar surface area (TPSA) is 62.4 Å². The van der Waals surface area contributed by atoms with Crippen molar-refractivity contribution in [1.82, 2.24) is 4.98 Å². The summed E-state index contributed by atoms with van der Waals surface area (Å²) in [5.74, 6) is -1.75. The highest BCUT2D eigenvalue weighted by molar-refractivity contribution is 5.48. The molecule has 0 amide bonds. The third kappa shape index (κ3) is 2.53. The summed E-state index contributed by atoms with van der Waals surface area (Å²) in [4.78, 5) is 5.58. The number of rotatable bonds is 3. The van der Waals surface area contributed by atoms with Crippen molar-refractivity contribution < 1.29 is 13.9 Å². The van der Waals surface area contributed by atoms with Gasteiger partial charge in [0.05, 0.1) is 0 Å². The van der Waals surface area contributed by atoms with Gasteiger partial charge in [0.25, 0.3) is 0 Å². The molecule has 0 radical (unpaired) electrons. The molecule has 2 heterocycles. The molecule has 1 unspecified atom stereocenters. The van der Waals surface area contributed by atoms with Crippen LogP contribution in [0.4, 0.5) is 20.4 Å². The maximum absolute atomic E-state index is 13.8. The molecule has 3 N–H and O–H groups in total. The molecule has 2 rings (SSSR count). The van der Waals surface area contributed by atoms with E-state index in [0.717, 1.165) is 25.3 Å². The zero-order valence-electron chi connectivity index (χ0n) is 10.1. The molecule has 1 aromatic rings. The molecule has 4 nitrogen and oxygen atoms in total. The Kier molecular flexibility index (Phi) is 3.96. The van der Waals surface area contributed by atoms with Crippen LogP contribution < -0.4 is 10.6 Å². The van der Waals surface area contributed by atoms with Crippen molar-refractivity contribution in [3.63, 3.8) is 0 Å². The Balaban J connectivity index is 2.30. The number of pyridine rings is 1. The monoisotopic (exact) mass is 257 g/mol. The Hall–Kier alpha value is -1.43. The lowest BCUT2D eigenvalue weighted by molar-refractivity contribution is 0.261. The Morgan fingerprint density at radius 3 is 2.89 bits per heavy atom. The van der Waals surface area contributed by atoms with Crippen LogP contribution in [0, 0.1) is 11.6 Å². The summed E-state index contributed by atoms with van der Waals surface area (Å²) in [6.45, 7) is 0.694. The summed E-state index contributed by atoms with van der Waals surface area (Å²) in [5, 5.41) is 9.03. The van der Waals surface area contributed by atoms with Crippen molar-refractivity contribution in [3.05, 3.63) is 17.7 Å². The van der Waals surface area contributed by atoms with E-state index in [1.54, 1.807) is 4.90 Å². The lowest BCUT2D eigenvalue weighted by Crippen LogP contribution is -2.41. The summed E-state index contributed by atoms with van der Waals surface area (Å²) < 4.78 is 26.9. The van der Waals surface area contributed by atoms with Gasteiger partial charge in [-0.15, -0.1) is 0 Å². The van der Waals surface area contributed by atoms with Crippen LogP contribution in [-0.2, 0) is 0 Å². The van der Waals surface area contributed by atoms with Crippen molar-refractivity contribution in [1.29, 1.82) is 0 Å². The van der Waals surface area contributed by atoms with Crippen LogP contribution in [0.1, 0.15) is 25.7 Å². The first-order valence-electron chi connectivity index (χ1n) is 6.12. The van der Waals surface area contributed by atoms with Crippen LogP contribution in [0.3, 0.4) is 0 Å². The number of nitrogens with two attached hydrogens (primary N) is 1. The summed E-state index contributed by atoms with van der Waals surface area (Å²) in [7, 11) is 0. The van der Waals surface area contributed by atoms with E-state index >= 15 is 0 Å². The zero-order valence-corrected chi connectivity index (χ0v) is 10.1. The molecule has 1 aliphatic heterocycles. The Morgan fingerprint density at radius 2 is 2.17 bits per heavy atom. The van der Waals surface area contributed by atoms with E-state index in [9.17, 15) is 8.78 Å². The molecule has 1 fully saturated rings. The van der Waals surface area contributed by atoms with Crippen molar-refractivity contribution in [3.8, 4) is 0 Å². The lowest BCUT2D eigenvalue weighted by atomic mass is 9.99. The van der Waals surface area contributed by atoms with Crippen LogP contribution in [0.25, 0.3) is 0 Å². The minimum absolute atomic E-state index is 0.0376. The zero-order chi connectivity index (χ0) is 13.1. The second kappa shape index (κ2) is 5.48. The molecule has 0 aliphatic carbocycles. The first-order valence-corrected chi connectivity index (χ1v) is 6.12. The highest BCUT2D eigenvalue weighted by Crippen LogP contribution is 2.28. The van der Waals surface area contributed by atoms with Crippen LogP contribution in [0.2, 0.25) is 0 Å². The van der Waals surface area contributed by atoms with Crippen LogP contribution in [0.15, 0.2) is 6.07 Å². The molecule has 6 heteroatoms. The number of aromatic nitrogens is 1. The van der Waals surface area contributed by atoms with Crippen LogP contribution in [-0.4, -0.2) is 29.3 Å². The number of hydrogen-bond donors (Lipinski definition) is 2. The van der Waals surface area contributed by atoms with Gasteiger partial charge >= 0.3 is 0 Å². The van der Waals surface area contributed by atoms with E-state index in [2.05, 4.69) is 4.98 Å². The fourth-order valence-corrected chi connectivity index (χ4v) is 2.40. The van der Waals surface area contributed by atoms with Gasteiger partial charge in [-0.25, -0.2) is 13.8 Å². The Labute approximate surface area is 104 Å². The molecule has 0 spiro atoms. The van der Waals surface area contributed by atoms with Crippen molar-refractivity contribution in [2.24, 2.45) is 0 Å². The summed E-state index contributed by atoms with van der Waals surface area (Å²) in [6.07, 6.45) is 3.40. The van der Waals surface area contributed by atoms with Gasteiger partial charge in [-0.3, -0.25) is 0 Å². The predicted octanol–water partition coefficient (Wildman–Crippen LogP) is 1.68. The maximum atomic E-state index is 13.8. The van der Waals surface area contributed by atoms with Gasteiger partial charge in [0.2, 0.25) is 0 Å². The Bertz CT molecular complexity index is 426.